The summed E-state index contributed by atoms with van der Waals surface area (Å²) in [5.74, 6) is 1.33. The first-order valence-electron chi connectivity index (χ1n) is 7.77. The number of rotatable bonds is 3. The van der Waals surface area contributed by atoms with Crippen molar-refractivity contribution in [3.63, 3.8) is 0 Å². The van der Waals surface area contributed by atoms with Crippen molar-refractivity contribution >= 4 is 11.8 Å². The number of ether oxygens (including phenoxy) is 1. The number of nitrogens with zero attached hydrogens (tertiary/aromatic N) is 2. The molecule has 6 nitrogen and oxygen atoms in total. The van der Waals surface area contributed by atoms with Crippen LogP contribution in [-0.2, 0) is 11.8 Å². The number of aryl methyl sites for hydroxylation is 1. The lowest BCUT2D eigenvalue weighted by Gasteiger charge is -2.34. The molecule has 2 fully saturated rings. The van der Waals surface area contributed by atoms with Crippen molar-refractivity contribution in [1.29, 1.82) is 0 Å². The second kappa shape index (κ2) is 5.67. The quantitative estimate of drug-likeness (QED) is 0.898. The van der Waals surface area contributed by atoms with Gasteiger partial charge in [0.15, 0.2) is 0 Å². The molecule has 2 heterocycles. The number of urea groups is 1. The molecule has 1 saturated carbocycles. The summed E-state index contributed by atoms with van der Waals surface area (Å²) >= 11 is 0. The molecule has 0 radical (unpaired) electrons. The molecule has 0 atom stereocenters. The topological polar surface area (TPSA) is 68.2 Å². The Morgan fingerprint density at radius 1 is 1.43 bits per heavy atom. The van der Waals surface area contributed by atoms with Crippen LogP contribution in [0.5, 0.6) is 0 Å². The fourth-order valence-electron chi connectivity index (χ4n) is 2.88. The minimum absolute atomic E-state index is 0.164. The highest BCUT2D eigenvalue weighted by atomic mass is 16.5. The van der Waals surface area contributed by atoms with Gasteiger partial charge in [-0.1, -0.05) is 6.42 Å². The van der Waals surface area contributed by atoms with Gasteiger partial charge in [0, 0.05) is 37.8 Å². The van der Waals surface area contributed by atoms with E-state index in [2.05, 4.69) is 22.7 Å². The van der Waals surface area contributed by atoms with Crippen LogP contribution in [0.3, 0.4) is 0 Å². The smallest absolute Gasteiger partial charge is 0.320 e. The molecule has 0 bridgehead atoms. The Balaban J connectivity index is 1.60. The second-order valence-corrected chi connectivity index (χ2v) is 6.46. The van der Waals surface area contributed by atoms with E-state index in [1.165, 1.54) is 19.3 Å². The molecule has 0 spiro atoms. The van der Waals surface area contributed by atoms with Crippen LogP contribution in [-0.4, -0.2) is 34.6 Å². The van der Waals surface area contributed by atoms with Gasteiger partial charge in [0.1, 0.15) is 5.82 Å². The van der Waals surface area contributed by atoms with Gasteiger partial charge in [-0.05, 0) is 32.6 Å². The summed E-state index contributed by atoms with van der Waals surface area (Å²) in [6.45, 7) is 3.47. The Morgan fingerprint density at radius 2 is 2.14 bits per heavy atom. The summed E-state index contributed by atoms with van der Waals surface area (Å²) in [5.41, 5.74) is 0.911. The largest absolute Gasteiger partial charge is 0.381 e. The first-order chi connectivity index (χ1) is 10.1. The average Bonchev–Trinajstić information content (AvgIpc) is 2.68. The lowest BCUT2D eigenvalue weighted by atomic mass is 9.83. The van der Waals surface area contributed by atoms with Crippen LogP contribution in [0.2, 0.25) is 0 Å². The number of nitrogens with one attached hydrogen (secondary N) is 2. The van der Waals surface area contributed by atoms with Crippen LogP contribution in [0, 0.1) is 0 Å². The minimum atomic E-state index is -0.183. The second-order valence-electron chi connectivity index (χ2n) is 6.46. The molecule has 1 aliphatic heterocycles. The van der Waals surface area contributed by atoms with Crippen LogP contribution in [0.15, 0.2) is 6.07 Å². The molecule has 3 rings (SSSR count). The van der Waals surface area contributed by atoms with Gasteiger partial charge in [-0.3, -0.25) is 10.00 Å². The summed E-state index contributed by atoms with van der Waals surface area (Å²) in [7, 11) is 1.87. The van der Waals surface area contributed by atoms with E-state index in [9.17, 15) is 4.79 Å². The minimum Gasteiger partial charge on any atom is -0.381 e. The molecule has 2 amide bonds. The Labute approximate surface area is 125 Å². The lowest BCUT2D eigenvalue weighted by Crippen LogP contribution is -2.51. The third-order valence-electron chi connectivity index (χ3n) is 4.68. The van der Waals surface area contributed by atoms with E-state index in [1.54, 1.807) is 4.68 Å². The van der Waals surface area contributed by atoms with Crippen molar-refractivity contribution in [2.45, 2.75) is 50.5 Å². The van der Waals surface area contributed by atoms with Crippen molar-refractivity contribution in [2.75, 3.05) is 18.5 Å². The van der Waals surface area contributed by atoms with Crippen LogP contribution in [0.25, 0.3) is 0 Å². The predicted octanol–water partition coefficient (Wildman–Crippen LogP) is 2.38. The Hall–Kier alpha value is -1.56. The number of carbonyl (C=O) groups is 1. The fraction of sp³-hybridized carbons (Fsp3) is 0.733. The molecular formula is C15H24N4O2. The van der Waals surface area contributed by atoms with E-state index in [1.807, 2.05) is 13.1 Å². The number of hydrogen-bond donors (Lipinski definition) is 2. The molecular weight excluding hydrogens is 268 g/mol. The van der Waals surface area contributed by atoms with Gasteiger partial charge in [-0.2, -0.15) is 5.10 Å². The average molecular weight is 292 g/mol. The van der Waals surface area contributed by atoms with Crippen LogP contribution >= 0.6 is 0 Å². The summed E-state index contributed by atoms with van der Waals surface area (Å²) in [4.78, 5) is 12.2. The normalized spacial score (nSPS) is 21.6. The molecule has 2 N–H and O–H groups in total. The van der Waals surface area contributed by atoms with E-state index in [-0.39, 0.29) is 11.6 Å². The lowest BCUT2D eigenvalue weighted by molar-refractivity contribution is 0.0499. The number of carbonyl (C=O) groups excluding carboxylic acids is 1. The predicted molar refractivity (Wildman–Crippen MR) is 80.4 cm³/mol. The molecule has 6 heteroatoms. The first-order valence-corrected chi connectivity index (χ1v) is 7.77. The van der Waals surface area contributed by atoms with Gasteiger partial charge in [0.25, 0.3) is 0 Å². The van der Waals surface area contributed by atoms with E-state index in [0.717, 1.165) is 24.4 Å². The highest BCUT2D eigenvalue weighted by molar-refractivity contribution is 5.88. The van der Waals surface area contributed by atoms with Crippen LogP contribution in [0.1, 0.15) is 50.6 Å². The maximum Gasteiger partial charge on any atom is 0.320 e. The first kappa shape index (κ1) is 14.4. The highest BCUT2D eigenvalue weighted by Crippen LogP contribution is 2.36. The molecule has 1 aliphatic carbocycles. The van der Waals surface area contributed by atoms with Crippen molar-refractivity contribution in [2.24, 2.45) is 7.05 Å². The summed E-state index contributed by atoms with van der Waals surface area (Å²) in [6.07, 6.45) is 5.39. The zero-order valence-corrected chi connectivity index (χ0v) is 12.8. The zero-order chi connectivity index (χ0) is 14.9. The van der Waals surface area contributed by atoms with Crippen LogP contribution < -0.4 is 10.6 Å². The Kier molecular flexibility index (Phi) is 3.89. The molecule has 0 aromatic carbocycles. The maximum atomic E-state index is 12.2. The molecule has 0 unspecified atom stereocenters. The standard InChI is InChI=1S/C15H24N4O2/c1-15(6-8-21-9-7-15)17-14(20)16-13-10-12(18-19(13)2)11-4-3-5-11/h10-11H,3-9H2,1-2H3,(H2,16,17,20). The molecule has 1 saturated heterocycles. The summed E-state index contributed by atoms with van der Waals surface area (Å²) < 4.78 is 7.10. The number of hydrogen-bond acceptors (Lipinski definition) is 3. The van der Waals surface area contributed by atoms with E-state index >= 15 is 0 Å². The molecule has 21 heavy (non-hydrogen) atoms. The molecule has 116 valence electrons. The van der Waals surface area contributed by atoms with Crippen molar-refractivity contribution in [1.82, 2.24) is 15.1 Å². The highest BCUT2D eigenvalue weighted by Gasteiger charge is 2.29. The number of anilines is 1. The Bertz CT molecular complexity index is 516. The van der Waals surface area contributed by atoms with E-state index < -0.39 is 0 Å². The van der Waals surface area contributed by atoms with Gasteiger partial charge < -0.3 is 10.1 Å². The SMILES string of the molecule is Cn1nc(C2CCC2)cc1NC(=O)NC1(C)CCOCC1. The zero-order valence-electron chi connectivity index (χ0n) is 12.8. The van der Waals surface area contributed by atoms with Crippen molar-refractivity contribution in [3.05, 3.63) is 11.8 Å². The van der Waals surface area contributed by atoms with E-state index in [4.69, 9.17) is 4.74 Å². The van der Waals surface area contributed by atoms with Gasteiger partial charge in [0.2, 0.25) is 0 Å². The van der Waals surface area contributed by atoms with Gasteiger partial charge >= 0.3 is 6.03 Å². The summed E-state index contributed by atoms with van der Waals surface area (Å²) in [5, 5.41) is 10.5. The molecule has 2 aliphatic rings. The van der Waals surface area contributed by atoms with Crippen molar-refractivity contribution in [3.8, 4) is 0 Å². The van der Waals surface area contributed by atoms with Gasteiger partial charge in [-0.15, -0.1) is 0 Å². The van der Waals surface area contributed by atoms with Crippen molar-refractivity contribution < 1.29 is 9.53 Å². The maximum absolute atomic E-state index is 12.2. The number of amides is 2. The fourth-order valence-corrected chi connectivity index (χ4v) is 2.88. The van der Waals surface area contributed by atoms with Crippen LogP contribution in [0.4, 0.5) is 10.6 Å². The third kappa shape index (κ3) is 3.20. The van der Waals surface area contributed by atoms with Gasteiger partial charge in [0.05, 0.1) is 5.69 Å². The summed E-state index contributed by atoms with van der Waals surface area (Å²) in [6, 6.07) is 1.83. The van der Waals surface area contributed by atoms with Gasteiger partial charge in [-0.25, -0.2) is 4.79 Å². The third-order valence-corrected chi connectivity index (χ3v) is 4.68. The van der Waals surface area contributed by atoms with E-state index in [0.29, 0.717) is 19.1 Å². The Morgan fingerprint density at radius 3 is 2.76 bits per heavy atom. The number of aromatic nitrogens is 2. The molecule has 1 aromatic heterocycles. The monoisotopic (exact) mass is 292 g/mol. The molecule has 1 aromatic rings.